The molecule has 0 aromatic carbocycles. The maximum Gasteiger partial charge on any atom is -0.0233 e. The van der Waals surface area contributed by atoms with Crippen LogP contribution in [0.4, 0.5) is 0 Å². The maximum absolute atomic E-state index is 2.42. The maximum atomic E-state index is 2.42. The SMILES string of the molecule is CCCCCCCCC=CC1CC1. The Labute approximate surface area is 83.4 Å². The fourth-order valence-corrected chi connectivity index (χ4v) is 1.62. The van der Waals surface area contributed by atoms with Crippen molar-refractivity contribution < 1.29 is 0 Å². The average molecular weight is 180 g/mol. The minimum absolute atomic E-state index is 0.972. The number of hydrogen-bond donors (Lipinski definition) is 0. The van der Waals surface area contributed by atoms with Crippen LogP contribution in [0.25, 0.3) is 0 Å². The van der Waals surface area contributed by atoms with Gasteiger partial charge in [-0.15, -0.1) is 0 Å². The summed E-state index contributed by atoms with van der Waals surface area (Å²) in [6.07, 6.45) is 17.6. The smallest absolute Gasteiger partial charge is 0.0233 e. The second kappa shape index (κ2) is 7.17. The van der Waals surface area contributed by atoms with E-state index in [0.29, 0.717) is 0 Å². The second-order valence-electron chi connectivity index (χ2n) is 4.32. The lowest BCUT2D eigenvalue weighted by Crippen LogP contribution is -1.77. The molecule has 0 amide bonds. The Morgan fingerprint density at radius 2 is 1.69 bits per heavy atom. The summed E-state index contributed by atoms with van der Waals surface area (Å²) in [6, 6.07) is 0. The van der Waals surface area contributed by atoms with Crippen molar-refractivity contribution in [2.24, 2.45) is 5.92 Å². The van der Waals surface area contributed by atoms with Gasteiger partial charge < -0.3 is 0 Å². The van der Waals surface area contributed by atoms with E-state index in [-0.39, 0.29) is 0 Å². The van der Waals surface area contributed by atoms with E-state index in [1.54, 1.807) is 0 Å². The van der Waals surface area contributed by atoms with E-state index in [1.807, 2.05) is 0 Å². The van der Waals surface area contributed by atoms with Gasteiger partial charge in [0.05, 0.1) is 0 Å². The molecule has 1 fully saturated rings. The minimum Gasteiger partial charge on any atom is -0.0883 e. The van der Waals surface area contributed by atoms with Crippen LogP contribution in [-0.2, 0) is 0 Å². The van der Waals surface area contributed by atoms with E-state index in [4.69, 9.17) is 0 Å². The van der Waals surface area contributed by atoms with Gasteiger partial charge in [0.15, 0.2) is 0 Å². The molecule has 0 radical (unpaired) electrons. The summed E-state index contributed by atoms with van der Waals surface area (Å²) < 4.78 is 0. The van der Waals surface area contributed by atoms with Crippen LogP contribution in [-0.4, -0.2) is 0 Å². The van der Waals surface area contributed by atoms with E-state index in [9.17, 15) is 0 Å². The van der Waals surface area contributed by atoms with Gasteiger partial charge in [0, 0.05) is 0 Å². The fourth-order valence-electron chi connectivity index (χ4n) is 1.62. The molecule has 1 aliphatic rings. The summed E-state index contributed by atoms with van der Waals surface area (Å²) in [5.41, 5.74) is 0. The lowest BCUT2D eigenvalue weighted by atomic mass is 10.1. The monoisotopic (exact) mass is 180 g/mol. The molecule has 13 heavy (non-hydrogen) atoms. The van der Waals surface area contributed by atoms with Gasteiger partial charge in [-0.3, -0.25) is 0 Å². The summed E-state index contributed by atoms with van der Waals surface area (Å²) in [5.74, 6) is 0.972. The van der Waals surface area contributed by atoms with Crippen LogP contribution < -0.4 is 0 Å². The highest BCUT2D eigenvalue weighted by molar-refractivity contribution is 4.95. The highest BCUT2D eigenvalue weighted by Gasteiger charge is 2.16. The van der Waals surface area contributed by atoms with Crippen molar-refractivity contribution in [3.8, 4) is 0 Å². The van der Waals surface area contributed by atoms with Crippen molar-refractivity contribution in [1.82, 2.24) is 0 Å². The molecule has 1 aliphatic carbocycles. The third-order valence-electron chi connectivity index (χ3n) is 2.75. The van der Waals surface area contributed by atoms with Crippen molar-refractivity contribution in [2.75, 3.05) is 0 Å². The molecule has 0 N–H and O–H groups in total. The van der Waals surface area contributed by atoms with Crippen molar-refractivity contribution in [3.63, 3.8) is 0 Å². The van der Waals surface area contributed by atoms with Gasteiger partial charge >= 0.3 is 0 Å². The number of hydrogen-bond acceptors (Lipinski definition) is 0. The molecule has 0 spiro atoms. The molecule has 0 heterocycles. The Bertz CT molecular complexity index is 131. The van der Waals surface area contributed by atoms with Gasteiger partial charge in [0.25, 0.3) is 0 Å². The van der Waals surface area contributed by atoms with Crippen molar-refractivity contribution in [2.45, 2.75) is 64.7 Å². The molecule has 1 saturated carbocycles. The molecule has 76 valence electrons. The predicted octanol–water partition coefficient (Wildman–Crippen LogP) is 4.70. The van der Waals surface area contributed by atoms with Crippen molar-refractivity contribution >= 4 is 0 Å². The molecule has 0 nitrogen and oxygen atoms in total. The van der Waals surface area contributed by atoms with Gasteiger partial charge in [-0.25, -0.2) is 0 Å². The summed E-state index contributed by atoms with van der Waals surface area (Å²) in [4.78, 5) is 0. The standard InChI is InChI=1S/C13H24/c1-2-3-4-5-6-7-8-9-10-13-11-12-13/h9-10,13H,2-8,11-12H2,1H3. The average Bonchev–Trinajstić information content (AvgIpc) is 2.93. The van der Waals surface area contributed by atoms with Crippen LogP contribution >= 0.6 is 0 Å². The van der Waals surface area contributed by atoms with Gasteiger partial charge in [0.2, 0.25) is 0 Å². The van der Waals surface area contributed by atoms with Crippen molar-refractivity contribution in [1.29, 1.82) is 0 Å². The normalized spacial score (nSPS) is 17.0. The number of allylic oxidation sites excluding steroid dienone is 2. The zero-order valence-electron chi connectivity index (χ0n) is 9.10. The zero-order valence-corrected chi connectivity index (χ0v) is 9.10. The Balaban J connectivity index is 1.73. The third kappa shape index (κ3) is 6.86. The first kappa shape index (κ1) is 10.8. The molecular weight excluding hydrogens is 156 g/mol. The highest BCUT2D eigenvalue weighted by atomic mass is 14.2. The summed E-state index contributed by atoms with van der Waals surface area (Å²) in [7, 11) is 0. The quantitative estimate of drug-likeness (QED) is 0.375. The molecule has 0 aliphatic heterocycles. The van der Waals surface area contributed by atoms with Crippen LogP contribution in [0.3, 0.4) is 0 Å². The minimum atomic E-state index is 0.972. The third-order valence-corrected chi connectivity index (χ3v) is 2.75. The molecule has 0 heteroatoms. The fraction of sp³-hybridized carbons (Fsp3) is 0.846. The summed E-state index contributed by atoms with van der Waals surface area (Å²) in [5, 5.41) is 0. The lowest BCUT2D eigenvalue weighted by molar-refractivity contribution is 0.611. The molecule has 0 aromatic heterocycles. The van der Waals surface area contributed by atoms with Crippen LogP contribution in [0.5, 0.6) is 0 Å². The van der Waals surface area contributed by atoms with Crippen LogP contribution in [0.2, 0.25) is 0 Å². The van der Waals surface area contributed by atoms with E-state index >= 15 is 0 Å². The van der Waals surface area contributed by atoms with E-state index in [1.165, 1.54) is 57.8 Å². The number of unbranched alkanes of at least 4 members (excludes halogenated alkanes) is 6. The summed E-state index contributed by atoms with van der Waals surface area (Å²) in [6.45, 7) is 2.28. The van der Waals surface area contributed by atoms with E-state index in [0.717, 1.165) is 5.92 Å². The lowest BCUT2D eigenvalue weighted by Gasteiger charge is -1.97. The second-order valence-corrected chi connectivity index (χ2v) is 4.32. The Morgan fingerprint density at radius 3 is 2.38 bits per heavy atom. The molecule has 0 saturated heterocycles. The first-order chi connectivity index (χ1) is 6.43. The summed E-state index contributed by atoms with van der Waals surface area (Å²) >= 11 is 0. The number of rotatable bonds is 8. The molecule has 0 unspecified atom stereocenters. The van der Waals surface area contributed by atoms with Crippen LogP contribution in [0.1, 0.15) is 64.7 Å². The molecular formula is C13H24. The first-order valence-corrected chi connectivity index (χ1v) is 6.10. The topological polar surface area (TPSA) is 0 Å². The van der Waals surface area contributed by atoms with Gasteiger partial charge in [-0.05, 0) is 31.6 Å². The van der Waals surface area contributed by atoms with E-state index < -0.39 is 0 Å². The van der Waals surface area contributed by atoms with E-state index in [2.05, 4.69) is 19.1 Å². The van der Waals surface area contributed by atoms with Crippen LogP contribution in [0.15, 0.2) is 12.2 Å². The van der Waals surface area contributed by atoms with Crippen LogP contribution in [0, 0.1) is 5.92 Å². The first-order valence-electron chi connectivity index (χ1n) is 6.10. The molecule has 1 rings (SSSR count). The Morgan fingerprint density at radius 1 is 1.00 bits per heavy atom. The Kier molecular flexibility index (Phi) is 5.97. The van der Waals surface area contributed by atoms with Crippen molar-refractivity contribution in [3.05, 3.63) is 12.2 Å². The predicted molar refractivity (Wildman–Crippen MR) is 59.9 cm³/mol. The van der Waals surface area contributed by atoms with Gasteiger partial charge in [-0.2, -0.15) is 0 Å². The van der Waals surface area contributed by atoms with Gasteiger partial charge in [0.1, 0.15) is 0 Å². The molecule has 0 bridgehead atoms. The zero-order chi connectivity index (χ0) is 9.36. The van der Waals surface area contributed by atoms with Gasteiger partial charge in [-0.1, -0.05) is 51.2 Å². The largest absolute Gasteiger partial charge is 0.0883 e. The molecule has 0 aromatic rings. The molecule has 0 atom stereocenters. The highest BCUT2D eigenvalue weighted by Crippen LogP contribution is 2.30. The Hall–Kier alpha value is -0.260.